The van der Waals surface area contributed by atoms with Gasteiger partial charge in [-0.1, -0.05) is 30.3 Å². The maximum absolute atomic E-state index is 12.2. The monoisotopic (exact) mass is 264 g/mol. The van der Waals surface area contributed by atoms with Gasteiger partial charge in [0.15, 0.2) is 0 Å². The van der Waals surface area contributed by atoms with E-state index in [0.717, 1.165) is 4.90 Å². The average Bonchev–Trinajstić information content (AvgIpc) is 2.80. The van der Waals surface area contributed by atoms with Crippen LogP contribution >= 0.6 is 0 Å². The molecular formula is C13H16N2O4. The molecule has 0 saturated carbocycles. The highest BCUT2D eigenvalue weighted by molar-refractivity contribution is 5.88. The van der Waals surface area contributed by atoms with Gasteiger partial charge in [-0.3, -0.25) is 4.79 Å². The highest BCUT2D eigenvalue weighted by Gasteiger charge is 2.40. The van der Waals surface area contributed by atoms with Crippen molar-refractivity contribution in [2.24, 2.45) is 5.73 Å². The van der Waals surface area contributed by atoms with Crippen LogP contribution in [0.3, 0.4) is 0 Å². The zero-order chi connectivity index (χ0) is 14.0. The van der Waals surface area contributed by atoms with Gasteiger partial charge >= 0.3 is 5.97 Å². The molecule has 102 valence electrons. The molecule has 1 unspecified atom stereocenters. The lowest BCUT2D eigenvalue weighted by atomic mass is 10.1. The molecule has 1 aliphatic rings. The molecule has 0 bridgehead atoms. The molecule has 1 fully saturated rings. The summed E-state index contributed by atoms with van der Waals surface area (Å²) in [5, 5.41) is 18.6. The van der Waals surface area contributed by atoms with E-state index < -0.39 is 30.1 Å². The number of hydrogen-bond acceptors (Lipinski definition) is 4. The smallest absolute Gasteiger partial charge is 0.326 e. The van der Waals surface area contributed by atoms with Gasteiger partial charge in [-0.05, 0) is 5.56 Å². The molecule has 1 amide bonds. The summed E-state index contributed by atoms with van der Waals surface area (Å²) in [7, 11) is 0. The van der Waals surface area contributed by atoms with Gasteiger partial charge in [0, 0.05) is 13.0 Å². The number of likely N-dealkylation sites (tertiary alicyclic amines) is 1. The number of nitrogens with zero attached hydrogens (tertiary/aromatic N) is 1. The highest BCUT2D eigenvalue weighted by Crippen LogP contribution is 2.22. The third kappa shape index (κ3) is 2.74. The van der Waals surface area contributed by atoms with Crippen molar-refractivity contribution >= 4 is 11.9 Å². The summed E-state index contributed by atoms with van der Waals surface area (Å²) in [5.41, 5.74) is 6.48. The van der Waals surface area contributed by atoms with Gasteiger partial charge in [0.25, 0.3) is 0 Å². The summed E-state index contributed by atoms with van der Waals surface area (Å²) in [4.78, 5) is 24.5. The number of benzene rings is 1. The summed E-state index contributed by atoms with van der Waals surface area (Å²) in [6, 6.07) is 6.84. The first-order chi connectivity index (χ1) is 9.00. The summed E-state index contributed by atoms with van der Waals surface area (Å²) >= 11 is 0. The first kappa shape index (κ1) is 13.5. The average molecular weight is 264 g/mol. The van der Waals surface area contributed by atoms with Crippen LogP contribution < -0.4 is 5.73 Å². The Labute approximate surface area is 110 Å². The summed E-state index contributed by atoms with van der Waals surface area (Å²) in [5.74, 6) is -1.60. The Kier molecular flexibility index (Phi) is 3.82. The van der Waals surface area contributed by atoms with Crippen molar-refractivity contribution in [1.29, 1.82) is 0 Å². The standard InChI is InChI=1S/C13H16N2O4/c14-11(8-4-2-1-3-5-8)12(17)15-7-9(16)6-10(15)13(18)19/h1-5,9-11,16H,6-7,14H2,(H,18,19)/t9?,10-,11-/m0/s1. The SMILES string of the molecule is N[C@H](C(=O)N1CC(O)C[C@H]1C(=O)O)c1ccccc1. The molecule has 19 heavy (non-hydrogen) atoms. The summed E-state index contributed by atoms with van der Waals surface area (Å²) in [6.45, 7) is 0.0103. The molecule has 0 aliphatic carbocycles. The minimum Gasteiger partial charge on any atom is -0.480 e. The van der Waals surface area contributed by atoms with E-state index in [9.17, 15) is 14.7 Å². The van der Waals surface area contributed by atoms with Crippen LogP contribution in [-0.4, -0.2) is 45.7 Å². The first-order valence-corrected chi connectivity index (χ1v) is 6.02. The van der Waals surface area contributed by atoms with Crippen LogP contribution in [0.1, 0.15) is 18.0 Å². The summed E-state index contributed by atoms with van der Waals surface area (Å²) < 4.78 is 0. The number of carbonyl (C=O) groups is 2. The Morgan fingerprint density at radius 2 is 1.95 bits per heavy atom. The number of rotatable bonds is 3. The van der Waals surface area contributed by atoms with Crippen LogP contribution in [0.2, 0.25) is 0 Å². The van der Waals surface area contributed by atoms with Gasteiger partial charge in [-0.25, -0.2) is 4.79 Å². The number of β-amino-alcohol motifs (C(OH)–C–C–N with tert-alkyl or cyclic N) is 1. The Balaban J connectivity index is 2.17. The largest absolute Gasteiger partial charge is 0.480 e. The van der Waals surface area contributed by atoms with Crippen LogP contribution in [-0.2, 0) is 9.59 Å². The maximum atomic E-state index is 12.2. The molecule has 3 atom stereocenters. The van der Waals surface area contributed by atoms with Crippen molar-refractivity contribution in [1.82, 2.24) is 4.90 Å². The van der Waals surface area contributed by atoms with Gasteiger partial charge in [-0.2, -0.15) is 0 Å². The van der Waals surface area contributed by atoms with Gasteiger partial charge in [0.1, 0.15) is 12.1 Å². The predicted molar refractivity (Wildman–Crippen MR) is 67.1 cm³/mol. The number of aliphatic hydroxyl groups is 1. The van der Waals surface area contributed by atoms with Crippen LogP contribution in [0.4, 0.5) is 0 Å². The Morgan fingerprint density at radius 1 is 1.32 bits per heavy atom. The second kappa shape index (κ2) is 5.38. The van der Waals surface area contributed by atoms with Gasteiger partial charge in [0.05, 0.1) is 6.10 Å². The van der Waals surface area contributed by atoms with Gasteiger partial charge < -0.3 is 20.8 Å². The van der Waals surface area contributed by atoms with E-state index in [0.29, 0.717) is 5.56 Å². The number of carboxylic acids is 1. The molecule has 0 radical (unpaired) electrons. The number of nitrogens with two attached hydrogens (primary N) is 1. The quantitative estimate of drug-likeness (QED) is 0.697. The van der Waals surface area contributed by atoms with E-state index in [2.05, 4.69) is 0 Å². The summed E-state index contributed by atoms with van der Waals surface area (Å²) in [6.07, 6.45) is -0.768. The zero-order valence-electron chi connectivity index (χ0n) is 10.3. The minimum atomic E-state index is -1.12. The first-order valence-electron chi connectivity index (χ1n) is 6.02. The Morgan fingerprint density at radius 3 is 2.53 bits per heavy atom. The molecule has 1 aromatic rings. The lowest BCUT2D eigenvalue weighted by Crippen LogP contribution is -2.45. The third-order valence-corrected chi connectivity index (χ3v) is 3.27. The number of aliphatic hydroxyl groups excluding tert-OH is 1. The van der Waals surface area contributed by atoms with E-state index in [1.165, 1.54) is 0 Å². The maximum Gasteiger partial charge on any atom is 0.326 e. The van der Waals surface area contributed by atoms with Gasteiger partial charge in [0.2, 0.25) is 5.91 Å². The molecule has 6 nitrogen and oxygen atoms in total. The fraction of sp³-hybridized carbons (Fsp3) is 0.385. The topological polar surface area (TPSA) is 104 Å². The van der Waals surface area contributed by atoms with E-state index in [1.54, 1.807) is 30.3 Å². The number of aliphatic carboxylic acids is 1. The van der Waals surface area contributed by atoms with Crippen molar-refractivity contribution in [3.8, 4) is 0 Å². The third-order valence-electron chi connectivity index (χ3n) is 3.27. The molecule has 4 N–H and O–H groups in total. The number of carbonyl (C=O) groups excluding carboxylic acids is 1. The lowest BCUT2D eigenvalue weighted by molar-refractivity contribution is -0.148. The van der Waals surface area contributed by atoms with E-state index in [4.69, 9.17) is 10.8 Å². The number of amides is 1. The number of hydrogen-bond donors (Lipinski definition) is 3. The van der Waals surface area contributed by atoms with E-state index in [1.807, 2.05) is 0 Å². The van der Waals surface area contributed by atoms with E-state index in [-0.39, 0.29) is 13.0 Å². The zero-order valence-corrected chi connectivity index (χ0v) is 10.3. The molecular weight excluding hydrogens is 248 g/mol. The van der Waals surface area contributed by atoms with Crippen molar-refractivity contribution in [2.45, 2.75) is 24.6 Å². The fourth-order valence-corrected chi connectivity index (χ4v) is 2.27. The second-order valence-corrected chi connectivity index (χ2v) is 4.62. The highest BCUT2D eigenvalue weighted by atomic mass is 16.4. The molecule has 2 rings (SSSR count). The van der Waals surface area contributed by atoms with Crippen molar-refractivity contribution in [2.75, 3.05) is 6.54 Å². The number of carboxylic acid groups (broad SMARTS) is 1. The van der Waals surface area contributed by atoms with Gasteiger partial charge in [-0.15, -0.1) is 0 Å². The normalized spacial score (nSPS) is 24.2. The fourth-order valence-electron chi connectivity index (χ4n) is 2.27. The lowest BCUT2D eigenvalue weighted by Gasteiger charge is -2.24. The van der Waals surface area contributed by atoms with Crippen molar-refractivity contribution in [3.05, 3.63) is 35.9 Å². The molecule has 0 spiro atoms. The van der Waals surface area contributed by atoms with Crippen molar-refractivity contribution in [3.63, 3.8) is 0 Å². The minimum absolute atomic E-state index is 0.0103. The molecule has 0 aromatic heterocycles. The molecule has 1 aliphatic heterocycles. The molecule has 1 aromatic carbocycles. The van der Waals surface area contributed by atoms with Crippen LogP contribution in [0.15, 0.2) is 30.3 Å². The Bertz CT molecular complexity index is 477. The Hall–Kier alpha value is -1.92. The van der Waals surface area contributed by atoms with Crippen molar-refractivity contribution < 1.29 is 19.8 Å². The van der Waals surface area contributed by atoms with Crippen LogP contribution in [0, 0.1) is 0 Å². The second-order valence-electron chi connectivity index (χ2n) is 4.62. The molecule has 1 heterocycles. The van der Waals surface area contributed by atoms with Crippen LogP contribution in [0.5, 0.6) is 0 Å². The predicted octanol–water partition coefficient (Wildman–Crippen LogP) is -0.267. The van der Waals surface area contributed by atoms with E-state index >= 15 is 0 Å². The molecule has 6 heteroatoms. The molecule has 1 saturated heterocycles. The van der Waals surface area contributed by atoms with Crippen LogP contribution in [0.25, 0.3) is 0 Å².